The van der Waals surface area contributed by atoms with Crippen LogP contribution in [-0.2, 0) is 0 Å². The van der Waals surface area contributed by atoms with E-state index in [4.69, 9.17) is 4.74 Å². The zero-order valence-corrected chi connectivity index (χ0v) is 9.27. The molecule has 0 aromatic heterocycles. The van der Waals surface area contributed by atoms with Gasteiger partial charge in [-0.2, -0.15) is 0 Å². The lowest BCUT2D eigenvalue weighted by Crippen LogP contribution is -2.07. The van der Waals surface area contributed by atoms with Crippen molar-refractivity contribution in [2.45, 2.75) is 19.8 Å². The molecule has 0 radical (unpaired) electrons. The number of benzene rings is 1. The third kappa shape index (κ3) is 4.02. The van der Waals surface area contributed by atoms with Gasteiger partial charge in [0.15, 0.2) is 12.8 Å². The fraction of sp³-hybridized carbons (Fsp3) is 0.417. The summed E-state index contributed by atoms with van der Waals surface area (Å²) >= 11 is 0. The Labute approximate surface area is 90.6 Å². The summed E-state index contributed by atoms with van der Waals surface area (Å²) in [7, 11) is 1.62. The van der Waals surface area contributed by atoms with Gasteiger partial charge in [-0.25, -0.2) is 4.74 Å². The van der Waals surface area contributed by atoms with Crippen LogP contribution in [0.1, 0.15) is 25.3 Å². The fourth-order valence-electron chi connectivity index (χ4n) is 1.23. The minimum absolute atomic E-state index is 0.558. The van der Waals surface area contributed by atoms with Crippen LogP contribution in [0.15, 0.2) is 24.3 Å². The van der Waals surface area contributed by atoms with E-state index in [1.54, 1.807) is 13.3 Å². The molecule has 82 valence electrons. The molecule has 15 heavy (non-hydrogen) atoms. The van der Waals surface area contributed by atoms with E-state index in [0.717, 1.165) is 28.9 Å². The molecule has 1 aromatic carbocycles. The Morgan fingerprint density at radius 2 is 2.00 bits per heavy atom. The second-order valence-electron chi connectivity index (χ2n) is 3.40. The van der Waals surface area contributed by atoms with Crippen molar-refractivity contribution >= 4 is 6.21 Å². The van der Waals surface area contributed by atoms with Crippen LogP contribution in [0, 0.1) is 5.21 Å². The summed E-state index contributed by atoms with van der Waals surface area (Å²) in [5.41, 5.74) is 0.905. The SMILES string of the molecule is CCCC[N+]([O-])=Cc1ccc(OC)cc1. The van der Waals surface area contributed by atoms with Crippen LogP contribution in [0.5, 0.6) is 5.75 Å². The molecule has 0 aliphatic rings. The highest BCUT2D eigenvalue weighted by Crippen LogP contribution is 2.09. The van der Waals surface area contributed by atoms with E-state index in [2.05, 4.69) is 6.92 Å². The molecule has 0 heterocycles. The van der Waals surface area contributed by atoms with Crippen LogP contribution >= 0.6 is 0 Å². The molecule has 0 aliphatic heterocycles. The van der Waals surface area contributed by atoms with Gasteiger partial charge >= 0.3 is 0 Å². The number of unbranched alkanes of at least 4 members (excludes halogenated alkanes) is 1. The summed E-state index contributed by atoms with van der Waals surface area (Å²) in [5, 5.41) is 11.4. The molecule has 0 unspecified atom stereocenters. The van der Waals surface area contributed by atoms with Crippen molar-refractivity contribution in [3.05, 3.63) is 35.0 Å². The normalized spacial score (nSPS) is 11.5. The van der Waals surface area contributed by atoms with Crippen molar-refractivity contribution in [3.8, 4) is 5.75 Å². The van der Waals surface area contributed by atoms with Gasteiger partial charge in [-0.1, -0.05) is 13.3 Å². The van der Waals surface area contributed by atoms with Crippen molar-refractivity contribution in [1.29, 1.82) is 0 Å². The molecule has 1 aromatic rings. The Morgan fingerprint density at radius 3 is 2.53 bits per heavy atom. The summed E-state index contributed by atoms with van der Waals surface area (Å²) in [6.07, 6.45) is 3.57. The van der Waals surface area contributed by atoms with Crippen LogP contribution in [0.3, 0.4) is 0 Å². The van der Waals surface area contributed by atoms with E-state index >= 15 is 0 Å². The summed E-state index contributed by atoms with van der Waals surface area (Å²) in [5.74, 6) is 0.804. The van der Waals surface area contributed by atoms with Crippen LogP contribution < -0.4 is 4.74 Å². The molecule has 3 heteroatoms. The zero-order chi connectivity index (χ0) is 11.1. The molecule has 0 N–H and O–H groups in total. The van der Waals surface area contributed by atoms with Gasteiger partial charge in [-0.15, -0.1) is 0 Å². The molecular weight excluding hydrogens is 190 g/mol. The van der Waals surface area contributed by atoms with E-state index in [0.29, 0.717) is 6.54 Å². The van der Waals surface area contributed by atoms with Gasteiger partial charge in [0.05, 0.1) is 7.11 Å². The predicted molar refractivity (Wildman–Crippen MR) is 61.6 cm³/mol. The molecule has 0 aliphatic carbocycles. The van der Waals surface area contributed by atoms with Crippen LogP contribution in [-0.4, -0.2) is 24.6 Å². The first-order valence-corrected chi connectivity index (χ1v) is 5.19. The molecule has 0 bridgehead atoms. The highest BCUT2D eigenvalue weighted by molar-refractivity contribution is 5.75. The molecule has 0 saturated heterocycles. The Kier molecular flexibility index (Phi) is 4.68. The standard InChI is InChI=1S/C12H17NO2/c1-3-4-9-13(14)10-11-5-7-12(15-2)8-6-11/h5-8,10H,3-4,9H2,1-2H3. The van der Waals surface area contributed by atoms with Gasteiger partial charge in [0, 0.05) is 12.0 Å². The first-order chi connectivity index (χ1) is 7.26. The Hall–Kier alpha value is -1.51. The lowest BCUT2D eigenvalue weighted by Gasteiger charge is -2.03. The van der Waals surface area contributed by atoms with Crippen molar-refractivity contribution in [1.82, 2.24) is 0 Å². The number of rotatable bonds is 5. The smallest absolute Gasteiger partial charge is 0.181 e. The second-order valence-corrected chi connectivity index (χ2v) is 3.40. The third-order valence-electron chi connectivity index (χ3n) is 2.14. The minimum atomic E-state index is 0.558. The van der Waals surface area contributed by atoms with Crippen molar-refractivity contribution < 1.29 is 9.48 Å². The van der Waals surface area contributed by atoms with Gasteiger partial charge in [-0.05, 0) is 24.3 Å². The number of hydrogen-bond acceptors (Lipinski definition) is 2. The first-order valence-electron chi connectivity index (χ1n) is 5.19. The maximum atomic E-state index is 11.4. The first kappa shape index (κ1) is 11.6. The number of hydrogen-bond donors (Lipinski definition) is 0. The van der Waals surface area contributed by atoms with E-state index in [-0.39, 0.29) is 0 Å². The lowest BCUT2D eigenvalue weighted by molar-refractivity contribution is -0.452. The molecule has 1 rings (SSSR count). The number of nitrogens with zero attached hydrogens (tertiary/aromatic N) is 1. The Balaban J connectivity index is 2.62. The van der Waals surface area contributed by atoms with Gasteiger partial charge in [0.2, 0.25) is 0 Å². The average molecular weight is 207 g/mol. The van der Waals surface area contributed by atoms with Crippen molar-refractivity contribution in [2.75, 3.05) is 13.7 Å². The highest BCUT2D eigenvalue weighted by Gasteiger charge is 1.96. The summed E-state index contributed by atoms with van der Waals surface area (Å²) in [6.45, 7) is 2.63. The molecule has 0 atom stereocenters. The summed E-state index contributed by atoms with van der Waals surface area (Å²) in [4.78, 5) is 0. The fourth-order valence-corrected chi connectivity index (χ4v) is 1.23. The van der Waals surface area contributed by atoms with Crippen molar-refractivity contribution in [3.63, 3.8) is 0 Å². The number of methoxy groups -OCH3 is 1. The second kappa shape index (κ2) is 6.06. The monoisotopic (exact) mass is 207 g/mol. The van der Waals surface area contributed by atoms with E-state index in [1.165, 1.54) is 0 Å². The summed E-state index contributed by atoms with van der Waals surface area (Å²) < 4.78 is 6.01. The number of hydroxylamine groups is 1. The van der Waals surface area contributed by atoms with Crippen molar-refractivity contribution in [2.24, 2.45) is 0 Å². The van der Waals surface area contributed by atoms with E-state index in [1.807, 2.05) is 24.3 Å². The van der Waals surface area contributed by atoms with E-state index in [9.17, 15) is 5.21 Å². The third-order valence-corrected chi connectivity index (χ3v) is 2.14. The van der Waals surface area contributed by atoms with Crippen LogP contribution in [0.25, 0.3) is 0 Å². The average Bonchev–Trinajstić information content (AvgIpc) is 2.27. The molecular formula is C12H17NO2. The molecule has 0 amide bonds. The molecule has 0 fully saturated rings. The quantitative estimate of drug-likeness (QED) is 0.322. The van der Waals surface area contributed by atoms with Gasteiger partial charge in [-0.3, -0.25) is 0 Å². The highest BCUT2D eigenvalue weighted by atomic mass is 16.5. The topological polar surface area (TPSA) is 35.3 Å². The van der Waals surface area contributed by atoms with Gasteiger partial charge < -0.3 is 9.94 Å². The molecule has 0 saturated carbocycles. The predicted octanol–water partition coefficient (Wildman–Crippen LogP) is 2.42. The Bertz CT molecular complexity index is 317. The van der Waals surface area contributed by atoms with Gasteiger partial charge in [0.25, 0.3) is 0 Å². The number of ether oxygens (including phenoxy) is 1. The zero-order valence-electron chi connectivity index (χ0n) is 9.27. The lowest BCUT2D eigenvalue weighted by atomic mass is 10.2. The van der Waals surface area contributed by atoms with Crippen LogP contribution in [0.4, 0.5) is 0 Å². The van der Waals surface area contributed by atoms with Gasteiger partial charge in [0.1, 0.15) is 5.75 Å². The maximum absolute atomic E-state index is 11.4. The molecule has 3 nitrogen and oxygen atoms in total. The maximum Gasteiger partial charge on any atom is 0.181 e. The minimum Gasteiger partial charge on any atom is -0.624 e. The van der Waals surface area contributed by atoms with E-state index < -0.39 is 0 Å². The summed E-state index contributed by atoms with van der Waals surface area (Å²) in [6, 6.07) is 7.43. The largest absolute Gasteiger partial charge is 0.624 e. The molecule has 0 spiro atoms. The van der Waals surface area contributed by atoms with Crippen LogP contribution in [0.2, 0.25) is 0 Å². The Morgan fingerprint density at radius 1 is 1.33 bits per heavy atom.